The molecular formula is C16H15F3N2O3S. The molecule has 2 aromatic rings. The van der Waals surface area contributed by atoms with Crippen LogP contribution in [0.4, 0.5) is 13.2 Å². The number of pyridine rings is 1. The van der Waals surface area contributed by atoms with Gasteiger partial charge in [0, 0.05) is 18.5 Å². The predicted molar refractivity (Wildman–Crippen MR) is 85.6 cm³/mol. The highest BCUT2D eigenvalue weighted by molar-refractivity contribution is 7.20. The molecule has 1 amide bonds. The average Bonchev–Trinajstić information content (AvgIpc) is 3.08. The van der Waals surface area contributed by atoms with Gasteiger partial charge in [-0.2, -0.15) is 13.2 Å². The van der Waals surface area contributed by atoms with Crippen LogP contribution < -0.4 is 0 Å². The lowest BCUT2D eigenvalue weighted by molar-refractivity contribution is -0.147. The van der Waals surface area contributed by atoms with Gasteiger partial charge in [0.2, 0.25) is 0 Å². The van der Waals surface area contributed by atoms with Gasteiger partial charge in [0.25, 0.3) is 5.91 Å². The molecule has 1 unspecified atom stereocenters. The monoisotopic (exact) mass is 372 g/mol. The number of carbonyl (C=O) groups excluding carboxylic acids is 1. The van der Waals surface area contributed by atoms with Crippen LogP contribution in [0.3, 0.4) is 0 Å². The molecule has 3 rings (SSSR count). The van der Waals surface area contributed by atoms with Crippen molar-refractivity contribution in [2.24, 2.45) is 5.41 Å². The fraction of sp³-hybridized carbons (Fsp3) is 0.438. The second-order valence-corrected chi connectivity index (χ2v) is 7.44. The molecule has 1 aliphatic heterocycles. The van der Waals surface area contributed by atoms with Gasteiger partial charge in [-0.3, -0.25) is 9.59 Å². The van der Waals surface area contributed by atoms with Gasteiger partial charge in [0.05, 0.1) is 10.3 Å². The zero-order chi connectivity index (χ0) is 18.6. The highest BCUT2D eigenvalue weighted by Crippen LogP contribution is 2.37. The molecule has 1 aliphatic rings. The minimum atomic E-state index is -4.55. The molecule has 1 fully saturated rings. The Labute approximate surface area is 145 Å². The van der Waals surface area contributed by atoms with Crippen molar-refractivity contribution < 1.29 is 27.9 Å². The molecule has 0 spiro atoms. The summed E-state index contributed by atoms with van der Waals surface area (Å²) in [6.45, 7) is 3.62. The Balaban J connectivity index is 1.95. The summed E-state index contributed by atoms with van der Waals surface area (Å²) in [5, 5.41) is 9.77. The van der Waals surface area contributed by atoms with Crippen LogP contribution >= 0.6 is 11.3 Å². The number of thiophene rings is 1. The van der Waals surface area contributed by atoms with E-state index in [9.17, 15) is 27.9 Å². The lowest BCUT2D eigenvalue weighted by Gasteiger charge is -2.19. The van der Waals surface area contributed by atoms with Crippen LogP contribution in [0.25, 0.3) is 10.2 Å². The Morgan fingerprint density at radius 3 is 2.60 bits per heavy atom. The molecule has 9 heteroatoms. The van der Waals surface area contributed by atoms with Crippen LogP contribution in [0.5, 0.6) is 0 Å². The summed E-state index contributed by atoms with van der Waals surface area (Å²) in [6.07, 6.45) is -4.21. The Morgan fingerprint density at radius 2 is 2.04 bits per heavy atom. The number of amides is 1. The van der Waals surface area contributed by atoms with E-state index in [2.05, 4.69) is 4.98 Å². The average molecular weight is 372 g/mol. The number of aliphatic carboxylic acids is 1. The summed E-state index contributed by atoms with van der Waals surface area (Å²) in [5.74, 6) is -1.33. The quantitative estimate of drug-likeness (QED) is 0.875. The van der Waals surface area contributed by atoms with Crippen LogP contribution in [0.15, 0.2) is 12.1 Å². The van der Waals surface area contributed by atoms with Gasteiger partial charge in [0.1, 0.15) is 10.5 Å². The summed E-state index contributed by atoms with van der Waals surface area (Å²) < 4.78 is 38.4. The van der Waals surface area contributed by atoms with Gasteiger partial charge in [-0.05, 0) is 38.0 Å². The van der Waals surface area contributed by atoms with E-state index in [1.807, 2.05) is 0 Å². The first-order valence-electron chi connectivity index (χ1n) is 7.53. The molecule has 134 valence electrons. The lowest BCUT2D eigenvalue weighted by atomic mass is 9.90. The van der Waals surface area contributed by atoms with E-state index in [1.165, 1.54) is 11.0 Å². The van der Waals surface area contributed by atoms with Crippen molar-refractivity contribution in [3.63, 3.8) is 0 Å². The van der Waals surface area contributed by atoms with Gasteiger partial charge >= 0.3 is 12.1 Å². The first-order chi connectivity index (χ1) is 11.5. The number of hydrogen-bond acceptors (Lipinski definition) is 4. The number of carboxylic acid groups (broad SMARTS) is 1. The first-order valence-corrected chi connectivity index (χ1v) is 8.34. The third kappa shape index (κ3) is 2.97. The molecular weight excluding hydrogens is 357 g/mol. The Morgan fingerprint density at radius 1 is 1.36 bits per heavy atom. The fourth-order valence-corrected chi connectivity index (χ4v) is 4.06. The van der Waals surface area contributed by atoms with Crippen LogP contribution in [-0.4, -0.2) is 40.0 Å². The maximum Gasteiger partial charge on any atom is 0.433 e. The predicted octanol–water partition coefficient (Wildman–Crippen LogP) is 3.56. The molecule has 0 bridgehead atoms. The molecule has 5 nitrogen and oxygen atoms in total. The van der Waals surface area contributed by atoms with E-state index < -0.39 is 23.3 Å². The van der Waals surface area contributed by atoms with Gasteiger partial charge in [-0.25, -0.2) is 4.98 Å². The minimum absolute atomic E-state index is 0.0794. The number of hydrogen-bond donors (Lipinski definition) is 1. The number of carboxylic acids is 1. The topological polar surface area (TPSA) is 70.5 Å². The number of aryl methyl sites for hydroxylation is 1. The smallest absolute Gasteiger partial charge is 0.433 e. The third-order valence-electron chi connectivity index (χ3n) is 4.57. The minimum Gasteiger partial charge on any atom is -0.481 e. The summed E-state index contributed by atoms with van der Waals surface area (Å²) in [4.78, 5) is 29.6. The van der Waals surface area contributed by atoms with E-state index in [0.717, 1.165) is 17.4 Å². The van der Waals surface area contributed by atoms with Crippen LogP contribution in [0.1, 0.15) is 34.3 Å². The number of alkyl halides is 3. The van der Waals surface area contributed by atoms with Crippen LogP contribution in [0.2, 0.25) is 0 Å². The lowest BCUT2D eigenvalue weighted by Crippen LogP contribution is -2.34. The van der Waals surface area contributed by atoms with Crippen molar-refractivity contribution in [3.8, 4) is 0 Å². The largest absolute Gasteiger partial charge is 0.481 e. The van der Waals surface area contributed by atoms with Crippen LogP contribution in [0, 0.1) is 12.3 Å². The Kier molecular flexibility index (Phi) is 4.02. The number of nitrogens with zero attached hydrogens (tertiary/aromatic N) is 2. The van der Waals surface area contributed by atoms with Gasteiger partial charge < -0.3 is 10.0 Å². The summed E-state index contributed by atoms with van der Waals surface area (Å²) >= 11 is 0.908. The molecule has 0 aliphatic carbocycles. The van der Waals surface area contributed by atoms with E-state index in [0.29, 0.717) is 28.8 Å². The highest BCUT2D eigenvalue weighted by Gasteiger charge is 2.43. The zero-order valence-electron chi connectivity index (χ0n) is 13.5. The molecule has 0 radical (unpaired) electrons. The van der Waals surface area contributed by atoms with Gasteiger partial charge in [-0.1, -0.05) is 0 Å². The summed E-state index contributed by atoms with van der Waals surface area (Å²) in [5.41, 5.74) is -1.43. The Bertz CT molecular complexity index is 877. The van der Waals surface area contributed by atoms with Crippen molar-refractivity contribution in [2.75, 3.05) is 13.1 Å². The number of likely N-dealkylation sites (tertiary alicyclic amines) is 1. The summed E-state index contributed by atoms with van der Waals surface area (Å²) in [6, 6.07) is 2.22. The molecule has 1 N–H and O–H groups in total. The molecule has 2 aromatic heterocycles. The molecule has 25 heavy (non-hydrogen) atoms. The molecule has 0 saturated carbocycles. The van der Waals surface area contributed by atoms with Gasteiger partial charge in [-0.15, -0.1) is 11.3 Å². The maximum absolute atomic E-state index is 12.8. The molecule has 1 atom stereocenters. The first kappa shape index (κ1) is 17.7. The van der Waals surface area contributed by atoms with Crippen molar-refractivity contribution in [1.29, 1.82) is 0 Å². The number of fused-ring (bicyclic) bond motifs is 1. The zero-order valence-corrected chi connectivity index (χ0v) is 14.3. The third-order valence-corrected chi connectivity index (χ3v) is 5.75. The molecule has 3 heterocycles. The van der Waals surface area contributed by atoms with E-state index in [4.69, 9.17) is 0 Å². The second kappa shape index (κ2) is 5.69. The van der Waals surface area contributed by atoms with E-state index in [1.54, 1.807) is 13.8 Å². The standard InChI is InChI=1S/C16H15F3N2O3S/c1-8-9-3-4-10(16(17,18)19)20-12(9)25-11(8)13(22)21-6-5-15(2,7-21)14(23)24/h3-4H,5-7H2,1-2H3,(H,23,24). The second-order valence-electron chi connectivity index (χ2n) is 6.45. The van der Waals surface area contributed by atoms with E-state index >= 15 is 0 Å². The van der Waals surface area contributed by atoms with Crippen molar-refractivity contribution in [3.05, 3.63) is 28.3 Å². The van der Waals surface area contributed by atoms with E-state index in [-0.39, 0.29) is 17.3 Å². The SMILES string of the molecule is Cc1c(C(=O)N2CCC(C)(C(=O)O)C2)sc2nc(C(F)(F)F)ccc12. The Hall–Kier alpha value is -2.16. The normalized spacial score (nSPS) is 21.1. The molecule has 0 aromatic carbocycles. The number of rotatable bonds is 2. The van der Waals surface area contributed by atoms with Crippen molar-refractivity contribution in [2.45, 2.75) is 26.4 Å². The van der Waals surface area contributed by atoms with Crippen LogP contribution in [-0.2, 0) is 11.0 Å². The van der Waals surface area contributed by atoms with Crippen molar-refractivity contribution in [1.82, 2.24) is 9.88 Å². The molecule has 1 saturated heterocycles. The maximum atomic E-state index is 12.8. The summed E-state index contributed by atoms with van der Waals surface area (Å²) in [7, 11) is 0. The highest BCUT2D eigenvalue weighted by atomic mass is 32.1. The van der Waals surface area contributed by atoms with Crippen molar-refractivity contribution >= 4 is 33.4 Å². The number of halogens is 3. The fourth-order valence-electron chi connectivity index (χ4n) is 2.91. The number of carbonyl (C=O) groups is 2. The number of aromatic nitrogens is 1. The van der Waals surface area contributed by atoms with Gasteiger partial charge in [0.15, 0.2) is 0 Å².